The fourth-order valence-corrected chi connectivity index (χ4v) is 2.54. The first-order valence-corrected chi connectivity index (χ1v) is 8.31. The van der Waals surface area contributed by atoms with Gasteiger partial charge in [-0.1, -0.05) is 29.3 Å². The van der Waals surface area contributed by atoms with Crippen LogP contribution in [0.25, 0.3) is 0 Å². The van der Waals surface area contributed by atoms with Crippen LogP contribution in [0.4, 0.5) is 21.7 Å². The van der Waals surface area contributed by atoms with E-state index in [1.54, 1.807) is 31.2 Å². The molecule has 0 aliphatic heterocycles. The number of anilines is 3. The Morgan fingerprint density at radius 3 is 2.54 bits per heavy atom. The molecular weight excluding hydrogens is 378 g/mol. The van der Waals surface area contributed by atoms with Gasteiger partial charge in [-0.2, -0.15) is 0 Å². The summed E-state index contributed by atoms with van der Waals surface area (Å²) < 4.78 is 13.0. The summed E-state index contributed by atoms with van der Waals surface area (Å²) in [5, 5.41) is 6.32. The van der Waals surface area contributed by atoms with Gasteiger partial charge in [-0.25, -0.2) is 14.4 Å². The van der Waals surface area contributed by atoms with Crippen molar-refractivity contribution < 1.29 is 9.18 Å². The van der Waals surface area contributed by atoms with E-state index in [0.29, 0.717) is 27.1 Å². The summed E-state index contributed by atoms with van der Waals surface area (Å²) in [6.45, 7) is 1.74. The molecule has 0 radical (unpaired) electrons. The van der Waals surface area contributed by atoms with E-state index in [-0.39, 0.29) is 17.5 Å². The smallest absolute Gasteiger partial charge is 0.274 e. The highest BCUT2D eigenvalue weighted by Crippen LogP contribution is 2.31. The predicted octanol–water partition coefficient (Wildman–Crippen LogP) is 5.23. The Balaban J connectivity index is 1.84. The second-order valence-corrected chi connectivity index (χ2v) is 6.19. The minimum absolute atomic E-state index is 0.155. The fourth-order valence-electron chi connectivity index (χ4n) is 2.19. The van der Waals surface area contributed by atoms with Crippen LogP contribution < -0.4 is 10.6 Å². The molecule has 3 rings (SSSR count). The maximum absolute atomic E-state index is 13.0. The van der Waals surface area contributed by atoms with Crippen molar-refractivity contribution in [3.63, 3.8) is 0 Å². The van der Waals surface area contributed by atoms with Crippen molar-refractivity contribution in [2.45, 2.75) is 6.92 Å². The zero-order valence-corrected chi connectivity index (χ0v) is 15.1. The molecule has 1 heterocycles. The van der Waals surface area contributed by atoms with Gasteiger partial charge in [-0.15, -0.1) is 0 Å². The van der Waals surface area contributed by atoms with Gasteiger partial charge in [0, 0.05) is 11.4 Å². The van der Waals surface area contributed by atoms with E-state index >= 15 is 0 Å². The molecule has 2 N–H and O–H groups in total. The van der Waals surface area contributed by atoms with Crippen molar-refractivity contribution in [2.24, 2.45) is 0 Å². The minimum Gasteiger partial charge on any atom is -0.323 e. The number of carbonyl (C=O) groups excluding carboxylic acids is 1. The Morgan fingerprint density at radius 1 is 1.08 bits per heavy atom. The first-order valence-electron chi connectivity index (χ1n) is 7.56. The SMILES string of the molecule is Cc1cc(C(=O)Nc2ccc(F)cc2)nc(Nc2cccc(Cl)c2Cl)n1. The number of hydrogen-bond acceptors (Lipinski definition) is 4. The van der Waals surface area contributed by atoms with Gasteiger partial charge >= 0.3 is 0 Å². The number of aryl methyl sites for hydroxylation is 1. The lowest BCUT2D eigenvalue weighted by Crippen LogP contribution is -2.15. The third kappa shape index (κ3) is 4.28. The lowest BCUT2D eigenvalue weighted by atomic mass is 10.2. The first-order chi connectivity index (χ1) is 12.4. The van der Waals surface area contributed by atoms with Crippen molar-refractivity contribution >= 4 is 46.4 Å². The molecule has 5 nitrogen and oxygen atoms in total. The van der Waals surface area contributed by atoms with Crippen LogP contribution in [0.15, 0.2) is 48.5 Å². The van der Waals surface area contributed by atoms with Crippen LogP contribution >= 0.6 is 23.2 Å². The van der Waals surface area contributed by atoms with E-state index in [1.807, 2.05) is 0 Å². The summed E-state index contributed by atoms with van der Waals surface area (Å²) in [5.41, 5.74) is 1.72. The van der Waals surface area contributed by atoms with Gasteiger partial charge in [0.15, 0.2) is 0 Å². The largest absolute Gasteiger partial charge is 0.323 e. The van der Waals surface area contributed by atoms with Gasteiger partial charge in [0.2, 0.25) is 5.95 Å². The summed E-state index contributed by atoms with van der Waals surface area (Å²) >= 11 is 12.1. The summed E-state index contributed by atoms with van der Waals surface area (Å²) in [7, 11) is 0. The zero-order valence-electron chi connectivity index (χ0n) is 13.6. The van der Waals surface area contributed by atoms with Crippen LogP contribution in [0.3, 0.4) is 0 Å². The van der Waals surface area contributed by atoms with Crippen LogP contribution in [0.2, 0.25) is 10.0 Å². The van der Waals surface area contributed by atoms with E-state index in [0.717, 1.165) is 0 Å². The second-order valence-electron chi connectivity index (χ2n) is 5.41. The summed E-state index contributed by atoms with van der Waals surface area (Å²) in [6.07, 6.45) is 0. The Morgan fingerprint density at radius 2 is 1.81 bits per heavy atom. The van der Waals surface area contributed by atoms with Gasteiger partial charge in [0.05, 0.1) is 15.7 Å². The highest BCUT2D eigenvalue weighted by molar-refractivity contribution is 6.43. The van der Waals surface area contributed by atoms with Gasteiger partial charge < -0.3 is 10.6 Å². The van der Waals surface area contributed by atoms with Crippen molar-refractivity contribution in [2.75, 3.05) is 10.6 Å². The third-order valence-electron chi connectivity index (χ3n) is 3.39. The number of amides is 1. The van der Waals surface area contributed by atoms with Crippen LogP contribution in [0.5, 0.6) is 0 Å². The van der Waals surface area contributed by atoms with Crippen LogP contribution in [-0.2, 0) is 0 Å². The van der Waals surface area contributed by atoms with E-state index in [9.17, 15) is 9.18 Å². The second kappa shape index (κ2) is 7.68. The zero-order chi connectivity index (χ0) is 18.7. The highest BCUT2D eigenvalue weighted by Gasteiger charge is 2.13. The molecule has 26 heavy (non-hydrogen) atoms. The highest BCUT2D eigenvalue weighted by atomic mass is 35.5. The Bertz CT molecular complexity index is 964. The predicted molar refractivity (Wildman–Crippen MR) is 101 cm³/mol. The average Bonchev–Trinajstić information content (AvgIpc) is 2.60. The topological polar surface area (TPSA) is 66.9 Å². The molecule has 8 heteroatoms. The molecule has 1 aromatic heterocycles. The maximum Gasteiger partial charge on any atom is 0.274 e. The number of rotatable bonds is 4. The standard InChI is InChI=1S/C18H13Cl2FN4O/c1-10-9-15(17(26)23-12-7-5-11(21)6-8-12)25-18(22-10)24-14-4-2-3-13(19)16(14)20/h2-9H,1H3,(H,23,26)(H,22,24,25). The molecule has 0 fully saturated rings. The number of benzene rings is 2. The quantitative estimate of drug-likeness (QED) is 0.640. The molecule has 0 spiro atoms. The molecule has 3 aromatic rings. The minimum atomic E-state index is -0.442. The van der Waals surface area contributed by atoms with E-state index in [1.165, 1.54) is 24.3 Å². The number of hydrogen-bond donors (Lipinski definition) is 2. The summed E-state index contributed by atoms with van der Waals surface area (Å²) in [5.74, 6) is -0.619. The lowest BCUT2D eigenvalue weighted by Gasteiger charge is -2.10. The third-order valence-corrected chi connectivity index (χ3v) is 4.21. The molecular formula is C18H13Cl2FN4O. The molecule has 1 amide bonds. The van der Waals surface area contributed by atoms with E-state index in [4.69, 9.17) is 23.2 Å². The number of carbonyl (C=O) groups is 1. The molecule has 0 saturated carbocycles. The molecule has 2 aromatic carbocycles. The lowest BCUT2D eigenvalue weighted by molar-refractivity contribution is 0.102. The van der Waals surface area contributed by atoms with Crippen molar-refractivity contribution in [3.8, 4) is 0 Å². The van der Waals surface area contributed by atoms with Crippen LogP contribution in [0.1, 0.15) is 16.2 Å². The van der Waals surface area contributed by atoms with Gasteiger partial charge in [0.25, 0.3) is 5.91 Å². The molecule has 132 valence electrons. The first kappa shape index (κ1) is 18.1. The Hall–Kier alpha value is -2.70. The van der Waals surface area contributed by atoms with Crippen molar-refractivity contribution in [1.29, 1.82) is 0 Å². The molecule has 0 unspecified atom stereocenters. The maximum atomic E-state index is 13.0. The number of aromatic nitrogens is 2. The van der Waals surface area contributed by atoms with E-state index in [2.05, 4.69) is 20.6 Å². The summed E-state index contributed by atoms with van der Waals surface area (Å²) in [6, 6.07) is 12.1. The monoisotopic (exact) mass is 390 g/mol. The average molecular weight is 391 g/mol. The van der Waals surface area contributed by atoms with Crippen molar-refractivity contribution in [1.82, 2.24) is 9.97 Å². The molecule has 0 saturated heterocycles. The summed E-state index contributed by atoms with van der Waals surface area (Å²) in [4.78, 5) is 20.9. The number of halogens is 3. The molecule has 0 aliphatic carbocycles. The van der Waals surface area contributed by atoms with Crippen molar-refractivity contribution in [3.05, 3.63) is 75.8 Å². The van der Waals surface area contributed by atoms with Gasteiger partial charge in [-0.05, 0) is 49.4 Å². The van der Waals surface area contributed by atoms with Crippen LogP contribution in [-0.4, -0.2) is 15.9 Å². The normalized spacial score (nSPS) is 10.5. The van der Waals surface area contributed by atoms with Gasteiger partial charge in [-0.3, -0.25) is 4.79 Å². The Labute approximate surface area is 159 Å². The fraction of sp³-hybridized carbons (Fsp3) is 0.0556. The van der Waals surface area contributed by atoms with Gasteiger partial charge in [0.1, 0.15) is 11.5 Å². The van der Waals surface area contributed by atoms with Crippen LogP contribution in [0, 0.1) is 12.7 Å². The Kier molecular flexibility index (Phi) is 5.35. The van der Waals surface area contributed by atoms with E-state index < -0.39 is 5.91 Å². The number of nitrogens with one attached hydrogen (secondary N) is 2. The number of nitrogens with zero attached hydrogens (tertiary/aromatic N) is 2. The molecule has 0 aliphatic rings. The molecule has 0 atom stereocenters. The molecule has 0 bridgehead atoms.